The molecule has 2 amide bonds. The molecule has 1 fully saturated rings. The predicted molar refractivity (Wildman–Crippen MR) is 79.9 cm³/mol. The van der Waals surface area contributed by atoms with E-state index < -0.39 is 6.04 Å². The number of hydrogen-bond acceptors (Lipinski definition) is 3. The molecule has 5 nitrogen and oxygen atoms in total. The lowest BCUT2D eigenvalue weighted by Gasteiger charge is -2.31. The van der Waals surface area contributed by atoms with Crippen LogP contribution in [0.15, 0.2) is 0 Å². The Hall–Kier alpha value is -1.10. The van der Waals surface area contributed by atoms with E-state index in [-0.39, 0.29) is 23.8 Å². The molecule has 1 aliphatic rings. The Morgan fingerprint density at radius 3 is 2.45 bits per heavy atom. The van der Waals surface area contributed by atoms with Gasteiger partial charge in [0.15, 0.2) is 0 Å². The molecule has 20 heavy (non-hydrogen) atoms. The van der Waals surface area contributed by atoms with E-state index in [0.29, 0.717) is 24.8 Å². The normalized spacial score (nSPS) is 28.0. The molecule has 4 unspecified atom stereocenters. The van der Waals surface area contributed by atoms with Crippen molar-refractivity contribution in [2.24, 2.45) is 23.5 Å². The second-order valence-corrected chi connectivity index (χ2v) is 6.52. The van der Waals surface area contributed by atoms with Crippen molar-refractivity contribution >= 4 is 11.8 Å². The lowest BCUT2D eigenvalue weighted by Crippen LogP contribution is -2.49. The van der Waals surface area contributed by atoms with E-state index >= 15 is 0 Å². The van der Waals surface area contributed by atoms with E-state index in [2.05, 4.69) is 17.6 Å². The summed E-state index contributed by atoms with van der Waals surface area (Å²) in [6.45, 7) is 8.55. The first-order chi connectivity index (χ1) is 9.31. The molecule has 0 saturated heterocycles. The molecule has 1 saturated carbocycles. The Balaban J connectivity index is 2.39. The van der Waals surface area contributed by atoms with Crippen LogP contribution in [0.2, 0.25) is 0 Å². The van der Waals surface area contributed by atoms with Crippen LogP contribution in [0, 0.1) is 17.8 Å². The number of nitrogens with one attached hydrogen (secondary N) is 2. The third-order valence-electron chi connectivity index (χ3n) is 4.07. The smallest absolute Gasteiger partial charge is 0.242 e. The molecule has 4 atom stereocenters. The van der Waals surface area contributed by atoms with Gasteiger partial charge in [-0.2, -0.15) is 0 Å². The summed E-state index contributed by atoms with van der Waals surface area (Å²) in [5.74, 6) is 0.659. The summed E-state index contributed by atoms with van der Waals surface area (Å²) in [4.78, 5) is 24.0. The minimum Gasteiger partial charge on any atom is -0.354 e. The highest BCUT2D eigenvalue weighted by Gasteiger charge is 2.30. The second kappa shape index (κ2) is 7.62. The highest BCUT2D eigenvalue weighted by Crippen LogP contribution is 2.27. The Morgan fingerprint density at radius 2 is 1.90 bits per heavy atom. The maximum atomic E-state index is 12.2. The Kier molecular flexibility index (Phi) is 6.46. The third kappa shape index (κ3) is 5.12. The molecule has 0 radical (unpaired) electrons. The molecule has 1 rings (SSSR count). The molecular weight excluding hydrogens is 254 g/mol. The molecule has 0 bridgehead atoms. The molecule has 0 spiro atoms. The van der Waals surface area contributed by atoms with Crippen molar-refractivity contribution < 1.29 is 9.59 Å². The molecular formula is C15H29N3O2. The van der Waals surface area contributed by atoms with Crippen molar-refractivity contribution in [2.75, 3.05) is 6.54 Å². The molecule has 5 heteroatoms. The van der Waals surface area contributed by atoms with Gasteiger partial charge in [-0.1, -0.05) is 20.8 Å². The van der Waals surface area contributed by atoms with Crippen LogP contribution in [0.3, 0.4) is 0 Å². The van der Waals surface area contributed by atoms with Gasteiger partial charge in [-0.25, -0.2) is 0 Å². The van der Waals surface area contributed by atoms with E-state index in [1.807, 2.05) is 13.8 Å². The van der Waals surface area contributed by atoms with Gasteiger partial charge >= 0.3 is 0 Å². The van der Waals surface area contributed by atoms with E-state index in [1.54, 1.807) is 6.92 Å². The van der Waals surface area contributed by atoms with Gasteiger partial charge in [0.1, 0.15) is 6.04 Å². The zero-order valence-corrected chi connectivity index (χ0v) is 13.1. The number of nitrogens with two attached hydrogens (primary N) is 1. The topological polar surface area (TPSA) is 84.2 Å². The standard InChI is InChI=1S/C15H29N3O2/c1-9(2)8-17-14(19)11(4)18-15(20)12-6-5-10(3)13(16)7-12/h9-13H,5-8,16H2,1-4H3,(H,17,19)(H,18,20). The molecule has 0 aliphatic heterocycles. The van der Waals surface area contributed by atoms with Crippen LogP contribution < -0.4 is 16.4 Å². The Morgan fingerprint density at radius 1 is 1.25 bits per heavy atom. The second-order valence-electron chi connectivity index (χ2n) is 6.52. The minimum absolute atomic E-state index is 0.0421. The maximum Gasteiger partial charge on any atom is 0.242 e. The highest BCUT2D eigenvalue weighted by atomic mass is 16.2. The van der Waals surface area contributed by atoms with Crippen LogP contribution in [-0.4, -0.2) is 30.4 Å². The highest BCUT2D eigenvalue weighted by molar-refractivity contribution is 5.88. The minimum atomic E-state index is -0.489. The summed E-state index contributed by atoms with van der Waals surface area (Å²) in [6.07, 6.45) is 2.56. The van der Waals surface area contributed by atoms with Crippen LogP contribution in [0.5, 0.6) is 0 Å². The van der Waals surface area contributed by atoms with Crippen molar-refractivity contribution in [3.8, 4) is 0 Å². The largest absolute Gasteiger partial charge is 0.354 e. The third-order valence-corrected chi connectivity index (χ3v) is 4.07. The first-order valence-electron chi connectivity index (χ1n) is 7.65. The lowest BCUT2D eigenvalue weighted by molar-refractivity contribution is -0.131. The summed E-state index contributed by atoms with van der Waals surface area (Å²) in [6, 6.07) is -0.401. The molecule has 1 aliphatic carbocycles. The van der Waals surface area contributed by atoms with Crippen molar-refractivity contribution in [2.45, 2.75) is 59.0 Å². The Labute approximate surface area is 122 Å². The fraction of sp³-hybridized carbons (Fsp3) is 0.867. The van der Waals surface area contributed by atoms with Gasteiger partial charge in [0.05, 0.1) is 0 Å². The number of rotatable bonds is 5. The first-order valence-corrected chi connectivity index (χ1v) is 7.65. The monoisotopic (exact) mass is 283 g/mol. The average Bonchev–Trinajstić information content (AvgIpc) is 2.38. The summed E-state index contributed by atoms with van der Waals surface area (Å²) in [5, 5.41) is 5.63. The van der Waals surface area contributed by atoms with Gasteiger partial charge in [0, 0.05) is 18.5 Å². The average molecular weight is 283 g/mol. The van der Waals surface area contributed by atoms with E-state index in [1.165, 1.54) is 0 Å². The summed E-state index contributed by atoms with van der Waals surface area (Å²) in [7, 11) is 0. The zero-order valence-electron chi connectivity index (χ0n) is 13.1. The molecule has 0 aromatic heterocycles. The molecule has 4 N–H and O–H groups in total. The summed E-state index contributed by atoms with van der Waals surface area (Å²) >= 11 is 0. The Bertz CT molecular complexity index is 344. The van der Waals surface area contributed by atoms with Gasteiger partial charge in [-0.3, -0.25) is 9.59 Å². The van der Waals surface area contributed by atoms with Crippen molar-refractivity contribution in [1.82, 2.24) is 10.6 Å². The zero-order chi connectivity index (χ0) is 15.3. The van der Waals surface area contributed by atoms with Crippen molar-refractivity contribution in [3.63, 3.8) is 0 Å². The number of carbonyl (C=O) groups is 2. The predicted octanol–water partition coefficient (Wildman–Crippen LogP) is 1.03. The van der Waals surface area contributed by atoms with Crippen LogP contribution in [0.25, 0.3) is 0 Å². The van der Waals surface area contributed by atoms with Crippen LogP contribution in [0.1, 0.15) is 47.0 Å². The van der Waals surface area contributed by atoms with Crippen molar-refractivity contribution in [1.29, 1.82) is 0 Å². The SMILES string of the molecule is CC(C)CNC(=O)C(C)NC(=O)C1CCC(C)C(N)C1. The fourth-order valence-electron chi connectivity index (χ4n) is 2.45. The van der Waals surface area contributed by atoms with Gasteiger partial charge in [0.2, 0.25) is 11.8 Å². The lowest BCUT2D eigenvalue weighted by atomic mass is 9.79. The van der Waals surface area contributed by atoms with Crippen LogP contribution in [0.4, 0.5) is 0 Å². The van der Waals surface area contributed by atoms with Crippen molar-refractivity contribution in [3.05, 3.63) is 0 Å². The first kappa shape index (κ1) is 17.0. The maximum absolute atomic E-state index is 12.2. The number of hydrogen-bond donors (Lipinski definition) is 3. The van der Waals surface area contributed by atoms with Gasteiger partial charge < -0.3 is 16.4 Å². The van der Waals surface area contributed by atoms with Gasteiger partial charge in [0.25, 0.3) is 0 Å². The number of amides is 2. The number of carbonyl (C=O) groups excluding carboxylic acids is 2. The van der Waals surface area contributed by atoms with E-state index in [9.17, 15) is 9.59 Å². The van der Waals surface area contributed by atoms with Crippen LogP contribution >= 0.6 is 0 Å². The molecule has 0 aromatic carbocycles. The summed E-state index contributed by atoms with van der Waals surface area (Å²) in [5.41, 5.74) is 6.02. The molecule has 0 aromatic rings. The van der Waals surface area contributed by atoms with Gasteiger partial charge in [-0.15, -0.1) is 0 Å². The van der Waals surface area contributed by atoms with E-state index in [4.69, 9.17) is 5.73 Å². The van der Waals surface area contributed by atoms with E-state index in [0.717, 1.165) is 12.8 Å². The van der Waals surface area contributed by atoms with Gasteiger partial charge in [-0.05, 0) is 38.0 Å². The fourth-order valence-corrected chi connectivity index (χ4v) is 2.45. The quantitative estimate of drug-likeness (QED) is 0.704. The van der Waals surface area contributed by atoms with Crippen LogP contribution in [-0.2, 0) is 9.59 Å². The summed E-state index contributed by atoms with van der Waals surface area (Å²) < 4.78 is 0. The molecule has 116 valence electrons. The molecule has 0 heterocycles.